The van der Waals surface area contributed by atoms with Crippen LogP contribution in [-0.2, 0) is 10.8 Å². The number of hydrogen-bond donors (Lipinski definition) is 0. The standard InChI is InChI=1S/C38H33N3S/c1-37(2,3)24-11-14-27(15-12-24)41-33-18-13-25(38(4,5)6)21-32(33)31-10-8-9-30-29(17-19-34(41)36(30)31)35-20-16-28(42-35)22-26(23-39)40-7/h8-22H,1-6H3/b26-22-. The molecule has 0 radical (unpaired) electrons. The lowest BCUT2D eigenvalue weighted by Crippen LogP contribution is -2.18. The number of nitriles is 1. The SMILES string of the molecule is [C-]#[N+]/C(C#N)=C\c1ccc(-c2ccc3c4c(cccc24)-c2cc(C(C)(C)C)ccc2N3c2ccc(C(C)(C)C)cc2)s1. The van der Waals surface area contributed by atoms with Crippen LogP contribution < -0.4 is 4.90 Å². The summed E-state index contributed by atoms with van der Waals surface area (Å²) in [4.78, 5) is 7.75. The Labute approximate surface area is 252 Å². The molecule has 2 heterocycles. The first-order chi connectivity index (χ1) is 20.0. The highest BCUT2D eigenvalue weighted by atomic mass is 32.1. The maximum absolute atomic E-state index is 9.24. The lowest BCUT2D eigenvalue weighted by atomic mass is 9.82. The van der Waals surface area contributed by atoms with E-state index < -0.39 is 0 Å². The predicted molar refractivity (Wildman–Crippen MR) is 179 cm³/mol. The molecule has 0 fully saturated rings. The number of anilines is 3. The molecule has 206 valence electrons. The third-order valence-corrected chi connectivity index (χ3v) is 9.12. The third kappa shape index (κ3) is 4.69. The second kappa shape index (κ2) is 10.0. The summed E-state index contributed by atoms with van der Waals surface area (Å²) < 4.78 is 0. The molecule has 0 aliphatic carbocycles. The average Bonchev–Trinajstić information content (AvgIpc) is 3.43. The van der Waals surface area contributed by atoms with Crippen LogP contribution in [0.2, 0.25) is 0 Å². The lowest BCUT2D eigenvalue weighted by molar-refractivity contribution is 0.590. The zero-order chi connectivity index (χ0) is 29.8. The topological polar surface area (TPSA) is 31.4 Å². The summed E-state index contributed by atoms with van der Waals surface area (Å²) in [6.07, 6.45) is 1.67. The van der Waals surface area contributed by atoms with E-state index in [0.717, 1.165) is 21.0 Å². The van der Waals surface area contributed by atoms with Crippen molar-refractivity contribution in [2.45, 2.75) is 52.4 Å². The minimum absolute atomic E-state index is 0.0265. The number of nitrogens with zero attached hydrogens (tertiary/aromatic N) is 3. The van der Waals surface area contributed by atoms with Gasteiger partial charge in [-0.25, -0.2) is 10.1 Å². The Kier molecular flexibility index (Phi) is 6.57. The Balaban J connectivity index is 1.60. The summed E-state index contributed by atoms with van der Waals surface area (Å²) >= 11 is 1.61. The van der Waals surface area contributed by atoms with Crippen molar-refractivity contribution < 1.29 is 0 Å². The van der Waals surface area contributed by atoms with Gasteiger partial charge < -0.3 is 4.90 Å². The van der Waals surface area contributed by atoms with Gasteiger partial charge in [0.25, 0.3) is 5.70 Å². The van der Waals surface area contributed by atoms with Gasteiger partial charge >= 0.3 is 0 Å². The molecule has 0 N–H and O–H groups in total. The molecule has 1 aromatic heterocycles. The van der Waals surface area contributed by atoms with Gasteiger partial charge in [0.05, 0.1) is 24.0 Å². The molecule has 0 bridgehead atoms. The van der Waals surface area contributed by atoms with Gasteiger partial charge in [-0.2, -0.15) is 0 Å². The Morgan fingerprint density at radius 3 is 2.14 bits per heavy atom. The van der Waals surface area contributed by atoms with Crippen molar-refractivity contribution in [1.82, 2.24) is 0 Å². The van der Waals surface area contributed by atoms with Gasteiger partial charge in [-0.15, -0.1) is 11.3 Å². The van der Waals surface area contributed by atoms with E-state index in [-0.39, 0.29) is 16.5 Å². The number of fused-ring (bicyclic) bond motifs is 2. The maximum Gasteiger partial charge on any atom is 0.263 e. The summed E-state index contributed by atoms with van der Waals surface area (Å²) in [5, 5.41) is 11.7. The Morgan fingerprint density at radius 2 is 1.48 bits per heavy atom. The first kappa shape index (κ1) is 27.5. The molecule has 4 aromatic carbocycles. The molecule has 1 aliphatic heterocycles. The minimum atomic E-state index is 0.0265. The van der Waals surface area contributed by atoms with Crippen molar-refractivity contribution in [2.75, 3.05) is 4.90 Å². The molecule has 0 saturated carbocycles. The monoisotopic (exact) mass is 563 g/mol. The number of allylic oxidation sites excluding steroid dienone is 1. The van der Waals surface area contributed by atoms with E-state index in [1.807, 2.05) is 12.1 Å². The van der Waals surface area contributed by atoms with Crippen LogP contribution in [-0.4, -0.2) is 0 Å². The van der Waals surface area contributed by atoms with Crippen LogP contribution in [0.5, 0.6) is 0 Å². The predicted octanol–water partition coefficient (Wildman–Crippen LogP) is 11.4. The molecule has 0 atom stereocenters. The molecule has 0 saturated heterocycles. The van der Waals surface area contributed by atoms with Crippen LogP contribution >= 0.6 is 11.3 Å². The number of rotatable bonds is 3. The van der Waals surface area contributed by atoms with Gasteiger partial charge in [0.15, 0.2) is 0 Å². The Morgan fingerprint density at radius 1 is 0.786 bits per heavy atom. The highest BCUT2D eigenvalue weighted by Gasteiger charge is 2.29. The minimum Gasteiger partial charge on any atom is -0.309 e. The van der Waals surface area contributed by atoms with Gasteiger partial charge in [0.1, 0.15) is 0 Å². The van der Waals surface area contributed by atoms with Gasteiger partial charge in [-0.05, 0) is 87.0 Å². The van der Waals surface area contributed by atoms with Crippen molar-refractivity contribution in [2.24, 2.45) is 0 Å². The van der Waals surface area contributed by atoms with E-state index in [1.165, 1.54) is 44.4 Å². The fourth-order valence-corrected chi connectivity index (χ4v) is 6.73. The number of thiophene rings is 1. The summed E-state index contributed by atoms with van der Waals surface area (Å²) in [5.74, 6) is 0. The zero-order valence-corrected chi connectivity index (χ0v) is 25.7. The van der Waals surface area contributed by atoms with E-state index in [4.69, 9.17) is 6.57 Å². The van der Waals surface area contributed by atoms with E-state index >= 15 is 0 Å². The lowest BCUT2D eigenvalue weighted by Gasteiger charge is -2.35. The second-order valence-corrected chi connectivity index (χ2v) is 14.0. The van der Waals surface area contributed by atoms with Gasteiger partial charge in [-0.3, -0.25) is 0 Å². The third-order valence-electron chi connectivity index (χ3n) is 8.05. The molecule has 4 heteroatoms. The summed E-state index contributed by atoms with van der Waals surface area (Å²) in [5.41, 5.74) is 9.95. The fourth-order valence-electron chi connectivity index (χ4n) is 5.74. The molecule has 3 nitrogen and oxygen atoms in total. The van der Waals surface area contributed by atoms with Crippen LogP contribution in [0.25, 0.3) is 43.3 Å². The van der Waals surface area contributed by atoms with Gasteiger partial charge in [0.2, 0.25) is 0 Å². The molecule has 6 rings (SSSR count). The first-order valence-electron chi connectivity index (χ1n) is 14.2. The molecule has 0 unspecified atom stereocenters. The molecule has 1 aliphatic rings. The first-order valence-corrected chi connectivity index (χ1v) is 15.0. The van der Waals surface area contributed by atoms with Crippen LogP contribution in [0.3, 0.4) is 0 Å². The molecule has 0 spiro atoms. The van der Waals surface area contributed by atoms with Crippen molar-refractivity contribution in [1.29, 1.82) is 5.26 Å². The zero-order valence-electron chi connectivity index (χ0n) is 24.9. The molecular formula is C38H33N3S. The van der Waals surface area contributed by atoms with Gasteiger partial charge in [0, 0.05) is 26.4 Å². The summed E-state index contributed by atoms with van der Waals surface area (Å²) in [6, 6.07) is 33.1. The maximum atomic E-state index is 9.24. The van der Waals surface area contributed by atoms with Crippen molar-refractivity contribution >= 4 is 45.2 Å². The van der Waals surface area contributed by atoms with E-state index in [9.17, 15) is 5.26 Å². The Bertz CT molecular complexity index is 1950. The largest absolute Gasteiger partial charge is 0.309 e. The van der Waals surface area contributed by atoms with Crippen molar-refractivity contribution in [3.8, 4) is 27.6 Å². The van der Waals surface area contributed by atoms with Crippen LogP contribution in [0.1, 0.15) is 57.5 Å². The smallest absolute Gasteiger partial charge is 0.263 e. The normalized spacial score (nSPS) is 13.0. The molecular weight excluding hydrogens is 531 g/mol. The van der Waals surface area contributed by atoms with E-state index in [2.05, 4.69) is 130 Å². The number of hydrogen-bond acceptors (Lipinski definition) is 3. The van der Waals surface area contributed by atoms with Gasteiger partial charge in [-0.1, -0.05) is 84.0 Å². The molecule has 5 aromatic rings. The quantitative estimate of drug-likeness (QED) is 0.158. The highest BCUT2D eigenvalue weighted by Crippen LogP contribution is 2.53. The summed E-state index contributed by atoms with van der Waals surface area (Å²) in [6.45, 7) is 20.8. The second-order valence-electron chi connectivity index (χ2n) is 12.9. The highest BCUT2D eigenvalue weighted by molar-refractivity contribution is 7.16. The fraction of sp³-hybridized carbons (Fsp3) is 0.211. The van der Waals surface area contributed by atoms with Crippen LogP contribution in [0.15, 0.2) is 90.6 Å². The van der Waals surface area contributed by atoms with E-state index in [0.29, 0.717) is 0 Å². The average molecular weight is 564 g/mol. The van der Waals surface area contributed by atoms with Crippen molar-refractivity contribution in [3.05, 3.63) is 118 Å². The Hall–Kier alpha value is -4.64. The van der Waals surface area contributed by atoms with E-state index in [1.54, 1.807) is 17.4 Å². The number of benzene rings is 4. The van der Waals surface area contributed by atoms with Crippen LogP contribution in [0.4, 0.5) is 17.1 Å². The molecule has 0 amide bonds. The van der Waals surface area contributed by atoms with Crippen LogP contribution in [0, 0.1) is 17.9 Å². The summed E-state index contributed by atoms with van der Waals surface area (Å²) in [7, 11) is 0. The van der Waals surface area contributed by atoms with Crippen molar-refractivity contribution in [3.63, 3.8) is 0 Å². The molecule has 42 heavy (non-hydrogen) atoms.